The van der Waals surface area contributed by atoms with E-state index in [1.807, 2.05) is 44.2 Å². The van der Waals surface area contributed by atoms with Crippen LogP contribution in [-0.4, -0.2) is 13.2 Å². The highest BCUT2D eigenvalue weighted by atomic mass is 16.5. The summed E-state index contributed by atoms with van der Waals surface area (Å²) in [6.07, 6.45) is 1.98. The third-order valence-electron chi connectivity index (χ3n) is 3.63. The summed E-state index contributed by atoms with van der Waals surface area (Å²) in [4.78, 5) is 0. The maximum absolute atomic E-state index is 5.94. The number of anilines is 1. The van der Waals surface area contributed by atoms with Crippen molar-refractivity contribution >= 4 is 5.69 Å². The summed E-state index contributed by atoms with van der Waals surface area (Å²) in [5.41, 5.74) is 10.1. The van der Waals surface area contributed by atoms with Crippen molar-refractivity contribution in [3.63, 3.8) is 0 Å². The molecule has 0 heterocycles. The Balaban J connectivity index is 1.60. The smallest absolute Gasteiger partial charge is 0.119 e. The van der Waals surface area contributed by atoms with Crippen molar-refractivity contribution in [2.24, 2.45) is 0 Å². The first-order valence-corrected chi connectivity index (χ1v) is 7.78. The van der Waals surface area contributed by atoms with Gasteiger partial charge >= 0.3 is 0 Å². The van der Waals surface area contributed by atoms with Gasteiger partial charge in [-0.25, -0.2) is 0 Å². The lowest BCUT2D eigenvalue weighted by molar-refractivity contribution is 0.113. The summed E-state index contributed by atoms with van der Waals surface area (Å²) in [6, 6.07) is 14.2. The molecule has 0 aliphatic carbocycles. The van der Waals surface area contributed by atoms with Crippen molar-refractivity contribution in [3.05, 3.63) is 59.2 Å². The predicted molar refractivity (Wildman–Crippen MR) is 91.2 cm³/mol. The number of rotatable bonds is 8. The Labute approximate surface area is 133 Å². The zero-order chi connectivity index (χ0) is 15.8. The molecule has 0 radical (unpaired) electrons. The van der Waals surface area contributed by atoms with Crippen LogP contribution in [0.25, 0.3) is 0 Å². The molecule has 2 aromatic rings. The Morgan fingerprint density at radius 3 is 2.23 bits per heavy atom. The van der Waals surface area contributed by atoms with Crippen LogP contribution < -0.4 is 10.5 Å². The Kier molecular flexibility index (Phi) is 6.28. The summed E-state index contributed by atoms with van der Waals surface area (Å²) in [5.74, 6) is 0.898. The monoisotopic (exact) mass is 299 g/mol. The van der Waals surface area contributed by atoms with Gasteiger partial charge in [-0.1, -0.05) is 30.3 Å². The SMILES string of the molecule is Cc1cc(OCCCCOCc2ccccc2)cc(C)c1N. The zero-order valence-corrected chi connectivity index (χ0v) is 13.5. The van der Waals surface area contributed by atoms with E-state index >= 15 is 0 Å². The molecule has 0 aliphatic heterocycles. The van der Waals surface area contributed by atoms with Crippen LogP contribution in [0, 0.1) is 13.8 Å². The zero-order valence-electron chi connectivity index (χ0n) is 13.5. The summed E-state index contributed by atoms with van der Waals surface area (Å²) in [7, 11) is 0. The highest BCUT2D eigenvalue weighted by Crippen LogP contribution is 2.23. The Hall–Kier alpha value is -2.00. The molecule has 0 amide bonds. The Morgan fingerprint density at radius 2 is 1.55 bits per heavy atom. The fourth-order valence-electron chi connectivity index (χ4n) is 2.28. The quantitative estimate of drug-likeness (QED) is 0.585. The summed E-state index contributed by atoms with van der Waals surface area (Å²) in [5, 5.41) is 0. The van der Waals surface area contributed by atoms with E-state index in [4.69, 9.17) is 15.2 Å². The van der Waals surface area contributed by atoms with Gasteiger partial charge in [0, 0.05) is 12.3 Å². The van der Waals surface area contributed by atoms with Crippen molar-refractivity contribution < 1.29 is 9.47 Å². The van der Waals surface area contributed by atoms with E-state index < -0.39 is 0 Å². The fourth-order valence-corrected chi connectivity index (χ4v) is 2.28. The van der Waals surface area contributed by atoms with Gasteiger partial charge in [0.25, 0.3) is 0 Å². The average molecular weight is 299 g/mol. The molecule has 0 saturated heterocycles. The van der Waals surface area contributed by atoms with Crippen LogP contribution in [0.5, 0.6) is 5.75 Å². The number of hydrogen-bond donors (Lipinski definition) is 1. The maximum Gasteiger partial charge on any atom is 0.119 e. The van der Waals surface area contributed by atoms with E-state index in [1.54, 1.807) is 0 Å². The molecule has 0 aromatic heterocycles. The third-order valence-corrected chi connectivity index (χ3v) is 3.63. The molecule has 3 heteroatoms. The minimum absolute atomic E-state index is 0.679. The van der Waals surface area contributed by atoms with Crippen molar-refractivity contribution in [2.45, 2.75) is 33.3 Å². The summed E-state index contributed by atoms with van der Waals surface area (Å²) >= 11 is 0. The fraction of sp³-hybridized carbons (Fsp3) is 0.368. The molecule has 0 saturated carbocycles. The largest absolute Gasteiger partial charge is 0.494 e. The topological polar surface area (TPSA) is 44.5 Å². The molecule has 2 aromatic carbocycles. The maximum atomic E-state index is 5.94. The molecule has 2 N–H and O–H groups in total. The van der Waals surface area contributed by atoms with E-state index in [2.05, 4.69) is 12.1 Å². The van der Waals surface area contributed by atoms with Crippen molar-refractivity contribution in [1.82, 2.24) is 0 Å². The second kappa shape index (κ2) is 8.44. The molecule has 118 valence electrons. The number of unbranched alkanes of at least 4 members (excludes halogenated alkanes) is 1. The second-order valence-corrected chi connectivity index (χ2v) is 5.56. The van der Waals surface area contributed by atoms with Gasteiger partial charge in [-0.3, -0.25) is 0 Å². The van der Waals surface area contributed by atoms with Crippen molar-refractivity contribution in [2.75, 3.05) is 18.9 Å². The van der Waals surface area contributed by atoms with Crippen molar-refractivity contribution in [1.29, 1.82) is 0 Å². The molecule has 3 nitrogen and oxygen atoms in total. The molecular weight excluding hydrogens is 274 g/mol. The molecule has 0 fully saturated rings. The molecule has 0 bridgehead atoms. The molecule has 0 atom stereocenters. The lowest BCUT2D eigenvalue weighted by atomic mass is 10.1. The van der Waals surface area contributed by atoms with Gasteiger partial charge in [0.1, 0.15) is 5.75 Å². The number of nitrogens with two attached hydrogens (primary N) is 1. The molecule has 0 aliphatic rings. The Morgan fingerprint density at radius 1 is 0.909 bits per heavy atom. The molecule has 22 heavy (non-hydrogen) atoms. The molecule has 0 spiro atoms. The predicted octanol–water partition coefficient (Wildman–Crippen LogP) is 4.26. The average Bonchev–Trinajstić information content (AvgIpc) is 2.52. The van der Waals surface area contributed by atoms with E-state index in [0.717, 1.165) is 42.0 Å². The first kappa shape index (κ1) is 16.4. The molecular formula is C19H25NO2. The first-order chi connectivity index (χ1) is 10.7. The minimum Gasteiger partial charge on any atom is -0.494 e. The number of hydrogen-bond acceptors (Lipinski definition) is 3. The van der Waals surface area contributed by atoms with Gasteiger partial charge < -0.3 is 15.2 Å². The number of benzene rings is 2. The van der Waals surface area contributed by atoms with Gasteiger partial charge in [-0.2, -0.15) is 0 Å². The highest BCUT2D eigenvalue weighted by molar-refractivity contribution is 5.56. The van der Waals surface area contributed by atoms with E-state index in [0.29, 0.717) is 13.2 Å². The normalized spacial score (nSPS) is 10.6. The van der Waals surface area contributed by atoms with Gasteiger partial charge in [-0.15, -0.1) is 0 Å². The van der Waals surface area contributed by atoms with Gasteiger partial charge in [0.15, 0.2) is 0 Å². The minimum atomic E-state index is 0.679. The lowest BCUT2D eigenvalue weighted by Gasteiger charge is -2.11. The highest BCUT2D eigenvalue weighted by Gasteiger charge is 2.02. The van der Waals surface area contributed by atoms with Crippen LogP contribution in [0.1, 0.15) is 29.5 Å². The molecule has 0 unspecified atom stereocenters. The lowest BCUT2D eigenvalue weighted by Crippen LogP contribution is -2.02. The number of ether oxygens (including phenoxy) is 2. The standard InChI is InChI=1S/C19H25NO2/c1-15-12-18(13-16(2)19(15)20)22-11-7-6-10-21-14-17-8-4-3-5-9-17/h3-5,8-9,12-13H,6-7,10-11,14,20H2,1-2H3. The third kappa shape index (κ3) is 5.08. The first-order valence-electron chi connectivity index (χ1n) is 7.78. The van der Waals surface area contributed by atoms with E-state index in [-0.39, 0.29) is 0 Å². The summed E-state index contributed by atoms with van der Waals surface area (Å²) in [6.45, 7) is 6.16. The van der Waals surface area contributed by atoms with Crippen LogP contribution in [0.3, 0.4) is 0 Å². The molecule has 2 rings (SSSR count). The van der Waals surface area contributed by atoms with Crippen LogP contribution in [0.15, 0.2) is 42.5 Å². The van der Waals surface area contributed by atoms with Crippen LogP contribution in [0.2, 0.25) is 0 Å². The van der Waals surface area contributed by atoms with E-state index in [9.17, 15) is 0 Å². The second-order valence-electron chi connectivity index (χ2n) is 5.56. The van der Waals surface area contributed by atoms with Crippen molar-refractivity contribution in [3.8, 4) is 5.75 Å². The number of aryl methyl sites for hydroxylation is 2. The number of nitrogen functional groups attached to an aromatic ring is 1. The van der Waals surface area contributed by atoms with Crippen LogP contribution >= 0.6 is 0 Å². The van der Waals surface area contributed by atoms with Crippen LogP contribution in [-0.2, 0) is 11.3 Å². The van der Waals surface area contributed by atoms with Gasteiger partial charge in [0.05, 0.1) is 13.2 Å². The van der Waals surface area contributed by atoms with E-state index in [1.165, 1.54) is 5.56 Å². The van der Waals surface area contributed by atoms with Gasteiger partial charge in [-0.05, 0) is 55.5 Å². The summed E-state index contributed by atoms with van der Waals surface area (Å²) < 4.78 is 11.4. The Bertz CT molecular complexity index is 558. The van der Waals surface area contributed by atoms with Gasteiger partial charge in [0.2, 0.25) is 0 Å². The van der Waals surface area contributed by atoms with Crippen LogP contribution in [0.4, 0.5) is 5.69 Å².